The number of aliphatic hydroxyl groups is 1. The maximum absolute atomic E-state index is 11.9. The highest BCUT2D eigenvalue weighted by Gasteiger charge is 2.10. The normalized spacial score (nSPS) is 10.2. The number of carbonyl (C=O) groups excluding carboxylic acids is 1. The van der Waals surface area contributed by atoms with Crippen LogP contribution in [-0.4, -0.2) is 23.1 Å². The molecular formula is C17H19NO3. The van der Waals surface area contributed by atoms with Crippen LogP contribution in [0.4, 0.5) is 4.79 Å². The average Bonchev–Trinajstić information content (AvgIpc) is 2.54. The second kappa shape index (κ2) is 7.45. The van der Waals surface area contributed by atoms with Crippen molar-refractivity contribution in [1.82, 2.24) is 4.90 Å². The number of carbonyl (C=O) groups is 1. The lowest BCUT2D eigenvalue weighted by atomic mass is 10.1. The minimum Gasteiger partial charge on any atom is -0.445 e. The third kappa shape index (κ3) is 4.61. The van der Waals surface area contributed by atoms with E-state index in [2.05, 4.69) is 0 Å². The second-order valence-electron chi connectivity index (χ2n) is 4.87. The van der Waals surface area contributed by atoms with Crippen LogP contribution >= 0.6 is 0 Å². The SMILES string of the molecule is CN(Cc1ccc(CO)cc1)C(=O)OCc1ccccc1. The van der Waals surface area contributed by atoms with E-state index in [9.17, 15) is 4.79 Å². The highest BCUT2D eigenvalue weighted by Crippen LogP contribution is 2.08. The summed E-state index contributed by atoms with van der Waals surface area (Å²) in [6, 6.07) is 17.1. The summed E-state index contributed by atoms with van der Waals surface area (Å²) in [4.78, 5) is 13.4. The number of ether oxygens (including phenoxy) is 1. The summed E-state index contributed by atoms with van der Waals surface area (Å²) in [5, 5.41) is 8.99. The van der Waals surface area contributed by atoms with Gasteiger partial charge in [-0.2, -0.15) is 0 Å². The Morgan fingerprint density at radius 2 is 1.62 bits per heavy atom. The topological polar surface area (TPSA) is 49.8 Å². The zero-order valence-corrected chi connectivity index (χ0v) is 12.0. The van der Waals surface area contributed by atoms with E-state index < -0.39 is 0 Å². The van der Waals surface area contributed by atoms with Crippen molar-refractivity contribution in [3.8, 4) is 0 Å². The molecule has 0 saturated heterocycles. The summed E-state index contributed by atoms with van der Waals surface area (Å²) in [6.07, 6.45) is -0.356. The Hall–Kier alpha value is -2.33. The quantitative estimate of drug-likeness (QED) is 0.919. The van der Waals surface area contributed by atoms with Crippen molar-refractivity contribution in [3.63, 3.8) is 0 Å². The number of benzene rings is 2. The number of hydrogen-bond donors (Lipinski definition) is 1. The van der Waals surface area contributed by atoms with Gasteiger partial charge in [-0.25, -0.2) is 4.79 Å². The Bertz CT molecular complexity index is 566. The van der Waals surface area contributed by atoms with Gasteiger partial charge in [-0.3, -0.25) is 0 Å². The summed E-state index contributed by atoms with van der Waals surface area (Å²) in [6.45, 7) is 0.766. The number of aliphatic hydroxyl groups excluding tert-OH is 1. The molecule has 0 bridgehead atoms. The summed E-state index contributed by atoms with van der Waals surface area (Å²) in [7, 11) is 1.70. The predicted molar refractivity (Wildman–Crippen MR) is 80.5 cm³/mol. The molecule has 2 aromatic carbocycles. The van der Waals surface area contributed by atoms with Gasteiger partial charge in [-0.1, -0.05) is 54.6 Å². The van der Waals surface area contributed by atoms with Gasteiger partial charge in [0.15, 0.2) is 0 Å². The number of nitrogens with zero attached hydrogens (tertiary/aromatic N) is 1. The van der Waals surface area contributed by atoms with Crippen LogP contribution in [0.1, 0.15) is 16.7 Å². The highest BCUT2D eigenvalue weighted by atomic mass is 16.6. The number of hydrogen-bond acceptors (Lipinski definition) is 3. The Kier molecular flexibility index (Phi) is 5.35. The molecule has 21 heavy (non-hydrogen) atoms. The van der Waals surface area contributed by atoms with Gasteiger partial charge in [0, 0.05) is 13.6 Å². The van der Waals surface area contributed by atoms with E-state index in [4.69, 9.17) is 9.84 Å². The first-order chi connectivity index (χ1) is 10.2. The number of amides is 1. The molecular weight excluding hydrogens is 266 g/mol. The lowest BCUT2D eigenvalue weighted by Gasteiger charge is -2.17. The van der Waals surface area contributed by atoms with Crippen LogP contribution in [0.15, 0.2) is 54.6 Å². The van der Waals surface area contributed by atoms with Crippen molar-refractivity contribution >= 4 is 6.09 Å². The van der Waals surface area contributed by atoms with Gasteiger partial charge in [-0.05, 0) is 16.7 Å². The Morgan fingerprint density at radius 1 is 1.00 bits per heavy atom. The van der Waals surface area contributed by atoms with Gasteiger partial charge < -0.3 is 14.7 Å². The second-order valence-corrected chi connectivity index (χ2v) is 4.87. The van der Waals surface area contributed by atoms with Gasteiger partial charge in [0.05, 0.1) is 6.61 Å². The van der Waals surface area contributed by atoms with Crippen LogP contribution in [0.2, 0.25) is 0 Å². The molecule has 2 rings (SSSR count). The lowest BCUT2D eigenvalue weighted by molar-refractivity contribution is 0.103. The van der Waals surface area contributed by atoms with Crippen molar-refractivity contribution < 1.29 is 14.6 Å². The first-order valence-electron chi connectivity index (χ1n) is 6.79. The summed E-state index contributed by atoms with van der Waals surface area (Å²) < 4.78 is 5.25. The third-order valence-corrected chi connectivity index (χ3v) is 3.14. The van der Waals surface area contributed by atoms with Crippen molar-refractivity contribution in [1.29, 1.82) is 0 Å². The van der Waals surface area contributed by atoms with E-state index in [1.807, 2.05) is 54.6 Å². The first-order valence-corrected chi connectivity index (χ1v) is 6.79. The molecule has 0 aromatic heterocycles. The molecule has 0 heterocycles. The van der Waals surface area contributed by atoms with Crippen LogP contribution in [0, 0.1) is 0 Å². The van der Waals surface area contributed by atoms with Crippen LogP contribution in [0.25, 0.3) is 0 Å². The van der Waals surface area contributed by atoms with Gasteiger partial charge >= 0.3 is 6.09 Å². The fourth-order valence-corrected chi connectivity index (χ4v) is 1.92. The van der Waals surface area contributed by atoms with E-state index in [0.717, 1.165) is 16.7 Å². The molecule has 0 radical (unpaired) electrons. The Morgan fingerprint density at radius 3 is 2.24 bits per heavy atom. The number of rotatable bonds is 5. The van der Waals surface area contributed by atoms with Crippen LogP contribution in [-0.2, 0) is 24.5 Å². The third-order valence-electron chi connectivity index (χ3n) is 3.14. The van der Waals surface area contributed by atoms with Crippen LogP contribution in [0.3, 0.4) is 0 Å². The van der Waals surface area contributed by atoms with Crippen molar-refractivity contribution in [3.05, 3.63) is 71.3 Å². The molecule has 0 aliphatic heterocycles. The maximum atomic E-state index is 11.9. The maximum Gasteiger partial charge on any atom is 0.410 e. The van der Waals surface area contributed by atoms with Gasteiger partial charge in [0.1, 0.15) is 6.61 Å². The molecule has 0 fully saturated rings. The molecule has 110 valence electrons. The largest absolute Gasteiger partial charge is 0.445 e. The minimum absolute atomic E-state index is 0.0231. The Labute approximate surface area is 124 Å². The smallest absolute Gasteiger partial charge is 0.410 e. The zero-order chi connectivity index (χ0) is 15.1. The predicted octanol–water partition coefficient (Wildman–Crippen LogP) is 2.95. The van der Waals surface area contributed by atoms with Gasteiger partial charge in [0.25, 0.3) is 0 Å². The van der Waals surface area contributed by atoms with Crippen LogP contribution in [0.5, 0.6) is 0 Å². The molecule has 0 atom stereocenters. The molecule has 0 aliphatic rings. The monoisotopic (exact) mass is 285 g/mol. The summed E-state index contributed by atoms with van der Waals surface area (Å²) >= 11 is 0. The minimum atomic E-state index is -0.356. The standard InChI is InChI=1S/C17H19NO3/c1-18(11-14-7-9-15(12-19)10-8-14)17(20)21-13-16-5-3-2-4-6-16/h2-10,19H,11-13H2,1H3. The molecule has 4 heteroatoms. The lowest BCUT2D eigenvalue weighted by Crippen LogP contribution is -2.26. The van der Waals surface area contributed by atoms with Gasteiger partial charge in [0.2, 0.25) is 0 Å². The van der Waals surface area contributed by atoms with E-state index in [1.54, 1.807) is 7.05 Å². The molecule has 2 aromatic rings. The van der Waals surface area contributed by atoms with Crippen molar-refractivity contribution in [2.24, 2.45) is 0 Å². The van der Waals surface area contributed by atoms with Gasteiger partial charge in [-0.15, -0.1) is 0 Å². The average molecular weight is 285 g/mol. The van der Waals surface area contributed by atoms with E-state index in [0.29, 0.717) is 6.54 Å². The van der Waals surface area contributed by atoms with E-state index in [1.165, 1.54) is 4.90 Å². The van der Waals surface area contributed by atoms with E-state index >= 15 is 0 Å². The molecule has 0 unspecified atom stereocenters. The molecule has 4 nitrogen and oxygen atoms in total. The summed E-state index contributed by atoms with van der Waals surface area (Å²) in [5.41, 5.74) is 2.81. The van der Waals surface area contributed by atoms with Crippen LogP contribution < -0.4 is 0 Å². The molecule has 0 spiro atoms. The first kappa shape index (κ1) is 15.1. The Balaban J connectivity index is 1.84. The zero-order valence-electron chi connectivity index (χ0n) is 12.0. The molecule has 1 amide bonds. The molecule has 0 saturated carbocycles. The fraction of sp³-hybridized carbons (Fsp3) is 0.235. The summed E-state index contributed by atoms with van der Waals surface area (Å²) in [5.74, 6) is 0. The van der Waals surface area contributed by atoms with E-state index in [-0.39, 0.29) is 19.3 Å². The van der Waals surface area contributed by atoms with Crippen molar-refractivity contribution in [2.45, 2.75) is 19.8 Å². The molecule has 0 aliphatic carbocycles. The fourth-order valence-electron chi connectivity index (χ4n) is 1.92. The molecule has 1 N–H and O–H groups in total. The highest BCUT2D eigenvalue weighted by molar-refractivity contribution is 5.67. The van der Waals surface area contributed by atoms with Crippen molar-refractivity contribution in [2.75, 3.05) is 7.05 Å².